The summed E-state index contributed by atoms with van der Waals surface area (Å²) >= 11 is 0. The number of phenols is 1. The molecule has 1 aromatic heterocycles. The number of nitrogens with one attached hydrogen (secondary N) is 5. The summed E-state index contributed by atoms with van der Waals surface area (Å²) in [5.41, 5.74) is 6.22. The lowest BCUT2D eigenvalue weighted by Gasteiger charge is -2.25. The summed E-state index contributed by atoms with van der Waals surface area (Å²) in [6.45, 7) is 0.681. The molecule has 2 heterocycles. The molecule has 4 atom stereocenters. The van der Waals surface area contributed by atoms with Crippen LogP contribution in [0.3, 0.4) is 0 Å². The van der Waals surface area contributed by atoms with E-state index in [0.717, 1.165) is 6.42 Å². The lowest BCUT2D eigenvalue weighted by molar-refractivity contribution is -0.143. The topological polar surface area (TPSA) is 229 Å². The maximum atomic E-state index is 13.4. The van der Waals surface area contributed by atoms with Crippen LogP contribution in [0.4, 0.5) is 0 Å². The van der Waals surface area contributed by atoms with Crippen molar-refractivity contribution in [3.05, 3.63) is 48.0 Å². The van der Waals surface area contributed by atoms with Crippen molar-refractivity contribution in [3.63, 3.8) is 0 Å². The van der Waals surface area contributed by atoms with Crippen LogP contribution in [0.2, 0.25) is 0 Å². The van der Waals surface area contributed by atoms with E-state index in [0.29, 0.717) is 24.2 Å². The molecule has 1 saturated heterocycles. The van der Waals surface area contributed by atoms with E-state index in [-0.39, 0.29) is 24.5 Å². The van der Waals surface area contributed by atoms with Crippen LogP contribution >= 0.6 is 0 Å². The summed E-state index contributed by atoms with van der Waals surface area (Å²) in [4.78, 5) is 68.9. The zero-order chi connectivity index (χ0) is 27.7. The molecule has 0 spiro atoms. The first-order valence-electron chi connectivity index (χ1n) is 12.0. The smallest absolute Gasteiger partial charge is 0.326 e. The van der Waals surface area contributed by atoms with Crippen LogP contribution < -0.4 is 27.0 Å². The van der Waals surface area contributed by atoms with Crippen molar-refractivity contribution < 1.29 is 34.2 Å². The number of hydrogen-bond donors (Lipinski definition) is 8. The summed E-state index contributed by atoms with van der Waals surface area (Å²) in [6.07, 6.45) is 3.70. The van der Waals surface area contributed by atoms with Gasteiger partial charge in [-0.2, -0.15) is 0 Å². The van der Waals surface area contributed by atoms with Gasteiger partial charge in [-0.05, 0) is 37.1 Å². The van der Waals surface area contributed by atoms with Crippen molar-refractivity contribution in [1.82, 2.24) is 31.2 Å². The van der Waals surface area contributed by atoms with E-state index in [2.05, 4.69) is 31.2 Å². The van der Waals surface area contributed by atoms with Crippen LogP contribution in [-0.4, -0.2) is 80.5 Å². The predicted molar refractivity (Wildman–Crippen MR) is 132 cm³/mol. The highest BCUT2D eigenvalue weighted by atomic mass is 16.4. The number of aromatic nitrogens is 2. The van der Waals surface area contributed by atoms with Crippen molar-refractivity contribution in [3.8, 4) is 5.75 Å². The number of aliphatic carboxylic acids is 1. The molecule has 9 N–H and O–H groups in total. The molecular weight excluding hydrogens is 498 g/mol. The second-order valence-corrected chi connectivity index (χ2v) is 8.99. The van der Waals surface area contributed by atoms with Crippen LogP contribution in [0, 0.1) is 0 Å². The molecule has 1 aliphatic rings. The number of benzene rings is 1. The SMILES string of the molecule is NC(=O)CC(NC(=O)C(Cc1ccc(O)cc1)NC(=O)C(Cc1cnc[nH]1)NC(=O)C1CCCN1)C(=O)O. The van der Waals surface area contributed by atoms with Crippen LogP contribution in [0.15, 0.2) is 36.8 Å². The Morgan fingerprint density at radius 2 is 1.66 bits per heavy atom. The van der Waals surface area contributed by atoms with Gasteiger partial charge in [-0.3, -0.25) is 19.2 Å². The number of aromatic amines is 1. The minimum atomic E-state index is -1.60. The highest BCUT2D eigenvalue weighted by Crippen LogP contribution is 2.13. The Kier molecular flexibility index (Phi) is 9.76. The van der Waals surface area contributed by atoms with E-state index < -0.39 is 54.3 Å². The van der Waals surface area contributed by atoms with Crippen molar-refractivity contribution in [2.45, 2.75) is 56.3 Å². The fourth-order valence-corrected chi connectivity index (χ4v) is 4.03. The molecule has 1 fully saturated rings. The van der Waals surface area contributed by atoms with Gasteiger partial charge in [0.2, 0.25) is 23.6 Å². The minimum absolute atomic E-state index is 0.00552. The first-order valence-corrected chi connectivity index (χ1v) is 12.0. The average Bonchev–Trinajstić information content (AvgIpc) is 3.58. The molecule has 38 heavy (non-hydrogen) atoms. The number of phenolic OH excluding ortho intramolecular Hbond substituents is 1. The average molecular weight is 530 g/mol. The third-order valence-electron chi connectivity index (χ3n) is 6.02. The Labute approximate surface area is 217 Å². The maximum Gasteiger partial charge on any atom is 0.326 e. The van der Waals surface area contributed by atoms with Gasteiger partial charge in [-0.15, -0.1) is 0 Å². The Morgan fingerprint density at radius 1 is 1.00 bits per heavy atom. The maximum absolute atomic E-state index is 13.4. The number of aromatic hydroxyl groups is 1. The normalized spacial score (nSPS) is 17.1. The molecule has 2 aromatic rings. The standard InChI is InChI=1S/C24H31N7O7/c25-20(33)10-19(24(37)38)31-22(35)17(8-13-3-5-15(32)6-4-13)29-23(36)18(9-14-11-26-12-28-14)30-21(34)16-2-1-7-27-16/h3-6,11-12,16-19,27,32H,1-2,7-10H2,(H2,25,33)(H,26,28)(H,29,36)(H,30,34)(H,31,35)(H,37,38). The number of amides is 4. The molecule has 14 nitrogen and oxygen atoms in total. The number of hydrogen-bond acceptors (Lipinski definition) is 8. The number of carboxylic acids is 1. The largest absolute Gasteiger partial charge is 0.508 e. The highest BCUT2D eigenvalue weighted by molar-refractivity contribution is 5.95. The molecule has 1 aromatic carbocycles. The van der Waals surface area contributed by atoms with Crippen molar-refractivity contribution in [1.29, 1.82) is 0 Å². The number of rotatable bonds is 13. The molecule has 0 bridgehead atoms. The Hall–Kier alpha value is -4.46. The zero-order valence-corrected chi connectivity index (χ0v) is 20.5. The second kappa shape index (κ2) is 13.2. The summed E-state index contributed by atoms with van der Waals surface area (Å²) < 4.78 is 0. The minimum Gasteiger partial charge on any atom is -0.508 e. The Bertz CT molecular complexity index is 1130. The van der Waals surface area contributed by atoms with Gasteiger partial charge in [0, 0.05) is 24.7 Å². The van der Waals surface area contributed by atoms with Gasteiger partial charge in [-0.1, -0.05) is 12.1 Å². The van der Waals surface area contributed by atoms with Gasteiger partial charge < -0.3 is 42.2 Å². The van der Waals surface area contributed by atoms with E-state index >= 15 is 0 Å². The van der Waals surface area contributed by atoms with Gasteiger partial charge in [0.1, 0.15) is 23.9 Å². The first-order chi connectivity index (χ1) is 18.1. The molecule has 204 valence electrons. The Morgan fingerprint density at radius 3 is 2.21 bits per heavy atom. The molecular formula is C24H31N7O7. The van der Waals surface area contributed by atoms with Crippen molar-refractivity contribution in [2.24, 2.45) is 5.73 Å². The number of carbonyl (C=O) groups is 5. The molecule has 4 unspecified atom stereocenters. The second-order valence-electron chi connectivity index (χ2n) is 8.99. The molecule has 3 rings (SSSR count). The van der Waals surface area contributed by atoms with Crippen molar-refractivity contribution in [2.75, 3.05) is 6.54 Å². The zero-order valence-electron chi connectivity index (χ0n) is 20.5. The summed E-state index contributed by atoms with van der Waals surface area (Å²) in [5.74, 6) is -4.33. The number of H-pyrrole nitrogens is 1. The van der Waals surface area contributed by atoms with Crippen LogP contribution in [0.1, 0.15) is 30.5 Å². The monoisotopic (exact) mass is 529 g/mol. The van der Waals surface area contributed by atoms with Gasteiger partial charge in [0.05, 0.1) is 18.8 Å². The first kappa shape index (κ1) is 28.1. The van der Waals surface area contributed by atoms with E-state index in [1.54, 1.807) is 0 Å². The number of carbonyl (C=O) groups excluding carboxylic acids is 4. The fourth-order valence-electron chi connectivity index (χ4n) is 4.03. The third-order valence-corrected chi connectivity index (χ3v) is 6.02. The summed E-state index contributed by atoms with van der Waals surface area (Å²) in [5, 5.41) is 29.6. The number of carboxylic acid groups (broad SMARTS) is 1. The Balaban J connectivity index is 1.81. The number of imidazole rings is 1. The highest BCUT2D eigenvalue weighted by Gasteiger charge is 2.32. The van der Waals surface area contributed by atoms with E-state index in [1.807, 2.05) is 0 Å². The molecule has 4 amide bonds. The van der Waals surface area contributed by atoms with Crippen LogP contribution in [0.25, 0.3) is 0 Å². The fraction of sp³-hybridized carbons (Fsp3) is 0.417. The van der Waals surface area contributed by atoms with E-state index in [1.165, 1.54) is 36.8 Å². The third kappa shape index (κ3) is 8.30. The van der Waals surface area contributed by atoms with Gasteiger partial charge >= 0.3 is 5.97 Å². The summed E-state index contributed by atoms with van der Waals surface area (Å²) in [6, 6.07) is 1.45. The number of primary amides is 1. The molecule has 0 aliphatic carbocycles. The van der Waals surface area contributed by atoms with E-state index in [4.69, 9.17) is 5.73 Å². The number of nitrogens with two attached hydrogens (primary N) is 1. The molecule has 1 aliphatic heterocycles. The predicted octanol–water partition coefficient (Wildman–Crippen LogP) is -1.93. The van der Waals surface area contributed by atoms with Crippen LogP contribution in [0.5, 0.6) is 5.75 Å². The molecule has 14 heteroatoms. The molecule has 0 radical (unpaired) electrons. The number of nitrogens with zero attached hydrogens (tertiary/aromatic N) is 1. The van der Waals surface area contributed by atoms with Crippen LogP contribution in [-0.2, 0) is 36.8 Å². The quantitative estimate of drug-likeness (QED) is 0.144. The molecule has 0 saturated carbocycles. The lowest BCUT2D eigenvalue weighted by atomic mass is 10.0. The lowest BCUT2D eigenvalue weighted by Crippen LogP contribution is -2.58. The van der Waals surface area contributed by atoms with Gasteiger partial charge in [-0.25, -0.2) is 9.78 Å². The van der Waals surface area contributed by atoms with Gasteiger partial charge in [0.25, 0.3) is 0 Å². The van der Waals surface area contributed by atoms with E-state index in [9.17, 15) is 34.2 Å². The van der Waals surface area contributed by atoms with Gasteiger partial charge in [0.15, 0.2) is 0 Å². The van der Waals surface area contributed by atoms with Crippen molar-refractivity contribution >= 4 is 29.6 Å². The summed E-state index contributed by atoms with van der Waals surface area (Å²) in [7, 11) is 0.